The molecule has 2 nitrogen and oxygen atoms in total. The second kappa shape index (κ2) is 6.62. The van der Waals surface area contributed by atoms with Crippen LogP contribution in [0.5, 0.6) is 5.75 Å². The van der Waals surface area contributed by atoms with E-state index in [4.69, 9.17) is 16.3 Å². The summed E-state index contributed by atoms with van der Waals surface area (Å²) < 4.78 is 18.6. The monoisotopic (exact) mass is 293 g/mol. The predicted molar refractivity (Wildman–Crippen MR) is 81.3 cm³/mol. The van der Waals surface area contributed by atoms with Crippen molar-refractivity contribution in [1.82, 2.24) is 0 Å². The van der Waals surface area contributed by atoms with Crippen molar-refractivity contribution >= 4 is 17.3 Å². The standard InChI is InChI=1S/C16H17ClFNO/c1-11-3-5-14(9-12(11)2)20-8-7-19-13-4-6-16(18)15(17)10-13/h3-6,9-10,19H,7-8H2,1-2H3. The van der Waals surface area contributed by atoms with Gasteiger partial charge in [0.05, 0.1) is 5.02 Å². The molecule has 0 spiro atoms. The van der Waals surface area contributed by atoms with Crippen LogP contribution in [0, 0.1) is 19.7 Å². The summed E-state index contributed by atoms with van der Waals surface area (Å²) in [5, 5.41) is 3.25. The van der Waals surface area contributed by atoms with Crippen molar-refractivity contribution in [2.45, 2.75) is 13.8 Å². The summed E-state index contributed by atoms with van der Waals surface area (Å²) >= 11 is 5.71. The van der Waals surface area contributed by atoms with Crippen LogP contribution in [0.3, 0.4) is 0 Å². The van der Waals surface area contributed by atoms with Gasteiger partial charge in [-0.2, -0.15) is 0 Å². The molecule has 106 valence electrons. The van der Waals surface area contributed by atoms with Gasteiger partial charge in [0.25, 0.3) is 0 Å². The van der Waals surface area contributed by atoms with Gasteiger partial charge in [-0.25, -0.2) is 4.39 Å². The molecule has 0 saturated carbocycles. The first-order chi connectivity index (χ1) is 9.56. The molecule has 0 heterocycles. The van der Waals surface area contributed by atoms with Crippen molar-refractivity contribution in [3.8, 4) is 5.75 Å². The highest BCUT2D eigenvalue weighted by Crippen LogP contribution is 2.19. The third kappa shape index (κ3) is 3.87. The fraction of sp³-hybridized carbons (Fsp3) is 0.250. The highest BCUT2D eigenvalue weighted by Gasteiger charge is 2.01. The summed E-state index contributed by atoms with van der Waals surface area (Å²) in [5.41, 5.74) is 3.23. The van der Waals surface area contributed by atoms with Crippen LogP contribution < -0.4 is 10.1 Å². The Kier molecular flexibility index (Phi) is 4.85. The number of nitrogens with one attached hydrogen (secondary N) is 1. The zero-order valence-electron chi connectivity index (χ0n) is 11.5. The second-order valence-electron chi connectivity index (χ2n) is 4.65. The van der Waals surface area contributed by atoms with Crippen molar-refractivity contribution in [3.05, 3.63) is 58.4 Å². The molecule has 1 N–H and O–H groups in total. The lowest BCUT2D eigenvalue weighted by Crippen LogP contribution is -2.11. The summed E-state index contributed by atoms with van der Waals surface area (Å²) in [6, 6.07) is 10.6. The van der Waals surface area contributed by atoms with Crippen molar-refractivity contribution in [2.24, 2.45) is 0 Å². The maximum atomic E-state index is 13.0. The van der Waals surface area contributed by atoms with E-state index in [1.807, 2.05) is 18.2 Å². The number of aryl methyl sites for hydroxylation is 2. The largest absolute Gasteiger partial charge is 0.492 e. The summed E-state index contributed by atoms with van der Waals surface area (Å²) in [5.74, 6) is 0.440. The van der Waals surface area contributed by atoms with E-state index >= 15 is 0 Å². The molecule has 0 atom stereocenters. The van der Waals surface area contributed by atoms with E-state index in [0.717, 1.165) is 11.4 Å². The van der Waals surface area contributed by atoms with Gasteiger partial charge in [-0.05, 0) is 55.3 Å². The van der Waals surface area contributed by atoms with E-state index in [-0.39, 0.29) is 5.02 Å². The molecule has 0 unspecified atom stereocenters. The Balaban J connectivity index is 1.81. The van der Waals surface area contributed by atoms with Crippen LogP contribution in [0.1, 0.15) is 11.1 Å². The third-order valence-electron chi connectivity index (χ3n) is 3.10. The molecular formula is C16H17ClFNO. The summed E-state index contributed by atoms with van der Waals surface area (Å²) in [6.45, 7) is 5.27. The van der Waals surface area contributed by atoms with Crippen LogP contribution in [0.4, 0.5) is 10.1 Å². The Hall–Kier alpha value is -1.74. The number of anilines is 1. The molecule has 0 saturated heterocycles. The zero-order valence-corrected chi connectivity index (χ0v) is 12.3. The Bertz CT molecular complexity index is 548. The fourth-order valence-corrected chi connectivity index (χ4v) is 1.95. The molecule has 2 aromatic carbocycles. The Morgan fingerprint density at radius 1 is 1.10 bits per heavy atom. The number of benzene rings is 2. The van der Waals surface area contributed by atoms with Gasteiger partial charge in [0.2, 0.25) is 0 Å². The molecular weight excluding hydrogens is 277 g/mol. The van der Waals surface area contributed by atoms with Gasteiger partial charge in [-0.1, -0.05) is 17.7 Å². The minimum atomic E-state index is -0.413. The van der Waals surface area contributed by atoms with E-state index in [1.54, 1.807) is 12.1 Å². The van der Waals surface area contributed by atoms with Crippen molar-refractivity contribution < 1.29 is 9.13 Å². The summed E-state index contributed by atoms with van der Waals surface area (Å²) in [7, 11) is 0. The van der Waals surface area contributed by atoms with E-state index in [2.05, 4.69) is 19.2 Å². The normalized spacial score (nSPS) is 10.4. The van der Waals surface area contributed by atoms with Crippen LogP contribution in [-0.4, -0.2) is 13.2 Å². The van der Waals surface area contributed by atoms with E-state index in [0.29, 0.717) is 13.2 Å². The lowest BCUT2D eigenvalue weighted by Gasteiger charge is -2.10. The van der Waals surface area contributed by atoms with Crippen molar-refractivity contribution in [2.75, 3.05) is 18.5 Å². The first kappa shape index (κ1) is 14.7. The maximum absolute atomic E-state index is 13.0. The molecule has 0 bridgehead atoms. The van der Waals surface area contributed by atoms with Crippen molar-refractivity contribution in [1.29, 1.82) is 0 Å². The molecule has 20 heavy (non-hydrogen) atoms. The molecule has 0 aromatic heterocycles. The highest BCUT2D eigenvalue weighted by atomic mass is 35.5. The van der Waals surface area contributed by atoms with E-state index < -0.39 is 5.82 Å². The van der Waals surface area contributed by atoms with Gasteiger partial charge < -0.3 is 10.1 Å². The average Bonchev–Trinajstić information content (AvgIpc) is 2.42. The van der Waals surface area contributed by atoms with Gasteiger partial charge in [0, 0.05) is 12.2 Å². The lowest BCUT2D eigenvalue weighted by molar-refractivity contribution is 0.332. The zero-order chi connectivity index (χ0) is 14.5. The first-order valence-corrected chi connectivity index (χ1v) is 6.83. The number of hydrogen-bond acceptors (Lipinski definition) is 2. The van der Waals surface area contributed by atoms with Crippen molar-refractivity contribution in [3.63, 3.8) is 0 Å². The number of hydrogen-bond donors (Lipinski definition) is 1. The minimum absolute atomic E-state index is 0.116. The quantitative estimate of drug-likeness (QED) is 0.814. The van der Waals surface area contributed by atoms with Crippen LogP contribution in [0.2, 0.25) is 5.02 Å². The Labute approximate surface area is 123 Å². The SMILES string of the molecule is Cc1ccc(OCCNc2ccc(F)c(Cl)c2)cc1C. The Morgan fingerprint density at radius 3 is 2.60 bits per heavy atom. The van der Waals surface area contributed by atoms with Gasteiger partial charge >= 0.3 is 0 Å². The Morgan fingerprint density at radius 2 is 1.90 bits per heavy atom. The van der Waals surface area contributed by atoms with Gasteiger partial charge in [-0.15, -0.1) is 0 Å². The molecule has 0 fully saturated rings. The van der Waals surface area contributed by atoms with E-state index in [9.17, 15) is 4.39 Å². The van der Waals surface area contributed by atoms with Crippen LogP contribution in [0.25, 0.3) is 0 Å². The average molecular weight is 294 g/mol. The molecule has 2 aromatic rings. The van der Waals surface area contributed by atoms with Crippen LogP contribution in [0.15, 0.2) is 36.4 Å². The number of halogens is 2. The smallest absolute Gasteiger partial charge is 0.141 e. The molecule has 0 aliphatic rings. The van der Waals surface area contributed by atoms with E-state index in [1.165, 1.54) is 17.2 Å². The molecule has 0 radical (unpaired) electrons. The summed E-state index contributed by atoms with van der Waals surface area (Å²) in [4.78, 5) is 0. The number of ether oxygens (including phenoxy) is 1. The van der Waals surface area contributed by atoms with Crippen LogP contribution in [-0.2, 0) is 0 Å². The third-order valence-corrected chi connectivity index (χ3v) is 3.39. The maximum Gasteiger partial charge on any atom is 0.141 e. The predicted octanol–water partition coefficient (Wildman–Crippen LogP) is 4.59. The topological polar surface area (TPSA) is 21.3 Å². The van der Waals surface area contributed by atoms with Gasteiger partial charge in [0.1, 0.15) is 18.2 Å². The van der Waals surface area contributed by atoms with Gasteiger partial charge in [0.15, 0.2) is 0 Å². The lowest BCUT2D eigenvalue weighted by atomic mass is 10.1. The highest BCUT2D eigenvalue weighted by molar-refractivity contribution is 6.31. The molecule has 0 aliphatic carbocycles. The minimum Gasteiger partial charge on any atom is -0.492 e. The molecule has 4 heteroatoms. The fourth-order valence-electron chi connectivity index (χ4n) is 1.77. The second-order valence-corrected chi connectivity index (χ2v) is 5.06. The summed E-state index contributed by atoms with van der Waals surface area (Å²) in [6.07, 6.45) is 0. The van der Waals surface area contributed by atoms with Gasteiger partial charge in [-0.3, -0.25) is 0 Å². The van der Waals surface area contributed by atoms with Crippen LogP contribution >= 0.6 is 11.6 Å². The molecule has 2 rings (SSSR count). The first-order valence-electron chi connectivity index (χ1n) is 6.45. The molecule has 0 aliphatic heterocycles. The molecule has 0 amide bonds. The number of rotatable bonds is 5.